The standard InChI is InChI=1S/C47H33N3/c48-44(34-15-3-1-4-16-34)28-29-49-32-33-14-13-17-35(30-33)36-26-27-39-38-20-7-8-21-40(38)47(43(39)31-36)41-22-9-11-24-45(41)50(37-18-5-2-6-19-37)46-25-12-10-23-42(46)47/h1-32,48H/b29-28-,48-44?,49-32?. The van der Waals surface area contributed by atoms with Gasteiger partial charge in [-0.15, -0.1) is 0 Å². The molecule has 0 saturated carbocycles. The smallest absolute Gasteiger partial charge is 0.0754 e. The molecule has 0 saturated heterocycles. The largest absolute Gasteiger partial charge is 0.310 e. The van der Waals surface area contributed by atoms with Crippen molar-refractivity contribution in [1.82, 2.24) is 0 Å². The molecule has 0 bridgehead atoms. The number of allylic oxidation sites excluding steroid dienone is 1. The van der Waals surface area contributed by atoms with E-state index in [1.807, 2.05) is 36.5 Å². The number of hydrogen-bond acceptors (Lipinski definition) is 3. The van der Waals surface area contributed by atoms with E-state index in [2.05, 4.69) is 155 Å². The van der Waals surface area contributed by atoms with Crippen LogP contribution in [0, 0.1) is 5.41 Å². The Morgan fingerprint density at radius 2 is 1.12 bits per heavy atom. The second-order valence-corrected chi connectivity index (χ2v) is 12.8. The Morgan fingerprint density at radius 1 is 0.520 bits per heavy atom. The van der Waals surface area contributed by atoms with Gasteiger partial charge in [0.2, 0.25) is 0 Å². The van der Waals surface area contributed by atoms with Gasteiger partial charge in [-0.25, -0.2) is 0 Å². The molecule has 0 radical (unpaired) electrons. The topological polar surface area (TPSA) is 39.5 Å². The average molecular weight is 640 g/mol. The normalized spacial score (nSPS) is 13.6. The first kappa shape index (κ1) is 29.6. The second-order valence-electron chi connectivity index (χ2n) is 12.8. The molecule has 236 valence electrons. The molecule has 2 aliphatic rings. The minimum atomic E-state index is -0.493. The van der Waals surface area contributed by atoms with Crippen LogP contribution in [0.15, 0.2) is 193 Å². The van der Waals surface area contributed by atoms with Crippen molar-refractivity contribution in [3.8, 4) is 22.3 Å². The van der Waals surface area contributed by atoms with Gasteiger partial charge in [0.15, 0.2) is 0 Å². The van der Waals surface area contributed by atoms with Gasteiger partial charge in [0.1, 0.15) is 0 Å². The third-order valence-electron chi connectivity index (χ3n) is 10.0. The predicted octanol–water partition coefficient (Wildman–Crippen LogP) is 11.5. The van der Waals surface area contributed by atoms with Gasteiger partial charge in [0.05, 0.1) is 22.5 Å². The van der Waals surface area contributed by atoms with Crippen LogP contribution < -0.4 is 4.90 Å². The van der Waals surface area contributed by atoms with Crippen LogP contribution in [0.3, 0.4) is 0 Å². The molecule has 0 fully saturated rings. The molecule has 0 aromatic heterocycles. The van der Waals surface area contributed by atoms with Crippen molar-refractivity contribution in [1.29, 1.82) is 5.41 Å². The summed E-state index contributed by atoms with van der Waals surface area (Å²) < 4.78 is 0. The van der Waals surface area contributed by atoms with Gasteiger partial charge in [0, 0.05) is 18.1 Å². The third-order valence-corrected chi connectivity index (χ3v) is 10.0. The van der Waals surface area contributed by atoms with E-state index < -0.39 is 5.41 Å². The van der Waals surface area contributed by atoms with Crippen LogP contribution in [0.4, 0.5) is 17.1 Å². The van der Waals surface area contributed by atoms with Gasteiger partial charge in [-0.2, -0.15) is 0 Å². The summed E-state index contributed by atoms with van der Waals surface area (Å²) in [6.07, 6.45) is 5.27. The maximum Gasteiger partial charge on any atom is 0.0754 e. The lowest BCUT2D eigenvalue weighted by Gasteiger charge is -2.45. The molecule has 0 amide bonds. The van der Waals surface area contributed by atoms with Crippen LogP contribution in [-0.2, 0) is 5.41 Å². The minimum Gasteiger partial charge on any atom is -0.310 e. The molecule has 7 aromatic carbocycles. The fourth-order valence-corrected chi connectivity index (χ4v) is 7.90. The van der Waals surface area contributed by atoms with Gasteiger partial charge >= 0.3 is 0 Å². The highest BCUT2D eigenvalue weighted by atomic mass is 15.2. The van der Waals surface area contributed by atoms with E-state index >= 15 is 0 Å². The minimum absolute atomic E-state index is 0.433. The highest BCUT2D eigenvalue weighted by Crippen LogP contribution is 2.63. The number of rotatable bonds is 6. The Bertz CT molecular complexity index is 2410. The Hall–Kier alpha value is -6.58. The van der Waals surface area contributed by atoms with Gasteiger partial charge in [0.25, 0.3) is 0 Å². The number of nitrogens with zero attached hydrogens (tertiary/aromatic N) is 2. The van der Waals surface area contributed by atoms with Crippen molar-refractivity contribution in [2.24, 2.45) is 4.99 Å². The second kappa shape index (κ2) is 12.1. The van der Waals surface area contributed by atoms with Crippen molar-refractivity contribution in [3.05, 3.63) is 222 Å². The van der Waals surface area contributed by atoms with E-state index in [1.165, 1.54) is 44.8 Å². The maximum absolute atomic E-state index is 8.33. The Morgan fingerprint density at radius 3 is 1.86 bits per heavy atom. The lowest BCUT2D eigenvalue weighted by Crippen LogP contribution is -2.36. The average Bonchev–Trinajstić information content (AvgIpc) is 3.47. The molecular formula is C47H33N3. The summed E-state index contributed by atoms with van der Waals surface area (Å²) in [5.41, 5.74) is 15.3. The fraction of sp³-hybridized carbons (Fsp3) is 0.0213. The summed E-state index contributed by atoms with van der Waals surface area (Å²) in [7, 11) is 0. The summed E-state index contributed by atoms with van der Waals surface area (Å²) in [6, 6.07) is 62.7. The first-order valence-electron chi connectivity index (χ1n) is 17.0. The van der Waals surface area contributed by atoms with Crippen LogP contribution in [0.2, 0.25) is 0 Å². The van der Waals surface area contributed by atoms with Crippen molar-refractivity contribution in [2.75, 3.05) is 4.90 Å². The molecule has 0 unspecified atom stereocenters. The van der Waals surface area contributed by atoms with E-state index in [1.54, 1.807) is 12.3 Å². The van der Waals surface area contributed by atoms with E-state index in [0.717, 1.165) is 27.9 Å². The first-order chi connectivity index (χ1) is 24.7. The quantitative estimate of drug-likeness (QED) is 0.181. The molecular weight excluding hydrogens is 607 g/mol. The Kier molecular flexibility index (Phi) is 7.18. The van der Waals surface area contributed by atoms with Crippen LogP contribution >= 0.6 is 0 Å². The zero-order valence-corrected chi connectivity index (χ0v) is 27.4. The molecule has 0 atom stereocenters. The number of para-hydroxylation sites is 3. The van der Waals surface area contributed by atoms with Crippen molar-refractivity contribution in [3.63, 3.8) is 0 Å². The molecule has 1 N–H and O–H groups in total. The fourth-order valence-electron chi connectivity index (χ4n) is 7.90. The number of aliphatic imine (C=N–C) groups is 1. The Balaban J connectivity index is 1.17. The third kappa shape index (κ3) is 4.67. The summed E-state index contributed by atoms with van der Waals surface area (Å²) in [6.45, 7) is 0. The van der Waals surface area contributed by atoms with Gasteiger partial charge in [-0.05, 0) is 98.1 Å². The lowest BCUT2D eigenvalue weighted by molar-refractivity contribution is 0.753. The van der Waals surface area contributed by atoms with Crippen LogP contribution in [0.1, 0.15) is 33.4 Å². The molecule has 7 aromatic rings. The van der Waals surface area contributed by atoms with E-state index in [4.69, 9.17) is 5.41 Å². The van der Waals surface area contributed by atoms with Crippen LogP contribution in [0.25, 0.3) is 22.3 Å². The number of benzene rings is 7. The van der Waals surface area contributed by atoms with Crippen molar-refractivity contribution < 1.29 is 0 Å². The predicted molar refractivity (Wildman–Crippen MR) is 207 cm³/mol. The molecule has 1 aliphatic heterocycles. The van der Waals surface area contributed by atoms with E-state index in [-0.39, 0.29) is 0 Å². The summed E-state index contributed by atoms with van der Waals surface area (Å²) in [5.74, 6) is 0. The van der Waals surface area contributed by atoms with Gasteiger partial charge in [-0.1, -0.05) is 140 Å². The van der Waals surface area contributed by atoms with Crippen LogP contribution in [-0.4, -0.2) is 11.9 Å². The molecule has 9 rings (SSSR count). The SMILES string of the molecule is N=C(/C=C\N=Cc1cccc(-c2ccc3c(c2)C2(c4ccccc4-3)c3ccccc3N(c3ccccc3)c3ccccc32)c1)c1ccccc1. The monoisotopic (exact) mass is 639 g/mol. The van der Waals surface area contributed by atoms with E-state index in [9.17, 15) is 0 Å². The number of fused-ring (bicyclic) bond motifs is 9. The van der Waals surface area contributed by atoms with Crippen LogP contribution in [0.5, 0.6) is 0 Å². The summed E-state index contributed by atoms with van der Waals surface area (Å²) in [4.78, 5) is 6.94. The van der Waals surface area contributed by atoms with E-state index in [0.29, 0.717) is 5.71 Å². The molecule has 3 nitrogen and oxygen atoms in total. The zero-order chi connectivity index (χ0) is 33.5. The van der Waals surface area contributed by atoms with Crippen molar-refractivity contribution in [2.45, 2.75) is 5.41 Å². The van der Waals surface area contributed by atoms with Gasteiger partial charge < -0.3 is 10.3 Å². The maximum atomic E-state index is 8.33. The number of hydrogen-bond donors (Lipinski definition) is 1. The molecule has 50 heavy (non-hydrogen) atoms. The molecule has 1 aliphatic carbocycles. The summed E-state index contributed by atoms with van der Waals surface area (Å²) >= 11 is 0. The number of anilines is 3. The first-order valence-corrected chi connectivity index (χ1v) is 17.0. The van der Waals surface area contributed by atoms with Crippen molar-refractivity contribution >= 4 is 29.0 Å². The Labute approximate surface area is 292 Å². The van der Waals surface area contributed by atoms with Gasteiger partial charge in [-0.3, -0.25) is 4.99 Å². The lowest BCUT2D eigenvalue weighted by atomic mass is 9.64. The number of nitrogens with one attached hydrogen (secondary N) is 1. The molecule has 1 spiro atoms. The molecule has 1 heterocycles. The highest BCUT2D eigenvalue weighted by Gasteiger charge is 2.51. The highest BCUT2D eigenvalue weighted by molar-refractivity contribution is 6.06. The zero-order valence-electron chi connectivity index (χ0n) is 27.4. The molecule has 3 heteroatoms. The summed E-state index contributed by atoms with van der Waals surface area (Å²) in [5, 5.41) is 8.33.